The van der Waals surface area contributed by atoms with Gasteiger partial charge >= 0.3 is 0 Å². The first kappa shape index (κ1) is 21.3. The Bertz CT molecular complexity index is 1430. The number of nitrogens with one attached hydrogen (secondary N) is 1. The van der Waals surface area contributed by atoms with Gasteiger partial charge in [-0.1, -0.05) is 11.3 Å². The number of hydrogen-bond donors (Lipinski definition) is 1. The number of fused-ring (bicyclic) bond motifs is 1. The minimum absolute atomic E-state index is 0.0463. The molecule has 0 aliphatic rings. The molecule has 0 aliphatic carbocycles. The molecule has 0 radical (unpaired) electrons. The van der Waals surface area contributed by atoms with E-state index in [-0.39, 0.29) is 16.9 Å². The molecule has 13 heteroatoms. The summed E-state index contributed by atoms with van der Waals surface area (Å²) in [6, 6.07) is 3.59. The van der Waals surface area contributed by atoms with Crippen LogP contribution in [0.3, 0.4) is 0 Å². The van der Waals surface area contributed by atoms with Crippen molar-refractivity contribution >= 4 is 49.0 Å². The van der Waals surface area contributed by atoms with Crippen LogP contribution >= 0.6 is 22.9 Å². The second-order valence-electron chi connectivity index (χ2n) is 6.21. The Morgan fingerprint density at radius 1 is 1.16 bits per heavy atom. The number of nitrogens with zero attached hydrogens (tertiary/aromatic N) is 4. The van der Waals surface area contributed by atoms with E-state index in [1.54, 1.807) is 6.92 Å². The van der Waals surface area contributed by atoms with Crippen LogP contribution in [0.15, 0.2) is 35.4 Å². The number of pyridine rings is 1. The lowest BCUT2D eigenvalue weighted by atomic mass is 10.2. The summed E-state index contributed by atoms with van der Waals surface area (Å²) in [7, 11) is -3.10. The molecule has 0 fully saturated rings. The van der Waals surface area contributed by atoms with Crippen molar-refractivity contribution in [1.82, 2.24) is 19.9 Å². The summed E-state index contributed by atoms with van der Waals surface area (Å²) >= 11 is 7.11. The lowest BCUT2D eigenvalue weighted by Gasteiger charge is -2.12. The van der Waals surface area contributed by atoms with Crippen molar-refractivity contribution < 1.29 is 21.9 Å². The van der Waals surface area contributed by atoms with Gasteiger partial charge in [-0.3, -0.25) is 4.72 Å². The molecule has 0 atom stereocenters. The fourth-order valence-corrected chi connectivity index (χ4v) is 5.09. The molecule has 31 heavy (non-hydrogen) atoms. The van der Waals surface area contributed by atoms with Crippen LogP contribution in [0, 0.1) is 18.6 Å². The van der Waals surface area contributed by atoms with Gasteiger partial charge in [0.15, 0.2) is 0 Å². The number of hydrogen-bond acceptors (Lipinski definition) is 8. The Morgan fingerprint density at radius 2 is 1.94 bits per heavy atom. The quantitative estimate of drug-likeness (QED) is 0.424. The summed E-state index contributed by atoms with van der Waals surface area (Å²) in [5.41, 5.74) is 1.54. The van der Waals surface area contributed by atoms with E-state index in [0.717, 1.165) is 12.1 Å². The number of benzene rings is 1. The molecule has 0 saturated carbocycles. The van der Waals surface area contributed by atoms with Crippen LogP contribution in [-0.4, -0.2) is 35.5 Å². The zero-order valence-electron chi connectivity index (χ0n) is 15.9. The minimum atomic E-state index is -4.40. The van der Waals surface area contributed by atoms with Gasteiger partial charge in [-0.05, 0) is 36.7 Å². The Hall–Kier alpha value is -2.96. The second-order valence-corrected chi connectivity index (χ2v) is 9.18. The van der Waals surface area contributed by atoms with Crippen molar-refractivity contribution in [2.45, 2.75) is 11.8 Å². The SMILES string of the molecule is COc1ncc(-c2nc3c(C)nc(Cl)nc3s2)cc1NS(=O)(=O)c1ccc(F)cc1F. The topological polar surface area (TPSA) is 107 Å². The van der Waals surface area contributed by atoms with E-state index in [0.29, 0.717) is 32.7 Å². The van der Waals surface area contributed by atoms with Crippen molar-refractivity contribution in [3.8, 4) is 16.5 Å². The summed E-state index contributed by atoms with van der Waals surface area (Å²) < 4.78 is 59.9. The molecule has 8 nitrogen and oxygen atoms in total. The summed E-state index contributed by atoms with van der Waals surface area (Å²) in [6.07, 6.45) is 1.44. The van der Waals surface area contributed by atoms with Gasteiger partial charge in [0.05, 0.1) is 12.8 Å². The molecule has 1 aromatic carbocycles. The van der Waals surface area contributed by atoms with Gasteiger partial charge in [-0.2, -0.15) is 0 Å². The van der Waals surface area contributed by atoms with Gasteiger partial charge in [0.2, 0.25) is 11.2 Å². The predicted octanol–water partition coefficient (Wildman–Crippen LogP) is 4.20. The van der Waals surface area contributed by atoms with Crippen LogP contribution in [0.5, 0.6) is 5.88 Å². The van der Waals surface area contributed by atoms with E-state index in [9.17, 15) is 17.2 Å². The molecule has 0 spiro atoms. The Balaban J connectivity index is 1.77. The van der Waals surface area contributed by atoms with E-state index >= 15 is 0 Å². The zero-order valence-corrected chi connectivity index (χ0v) is 18.2. The van der Waals surface area contributed by atoms with Gasteiger partial charge in [0.25, 0.3) is 10.0 Å². The van der Waals surface area contributed by atoms with Crippen LogP contribution in [-0.2, 0) is 10.0 Å². The third-order valence-corrected chi connectivity index (χ3v) is 6.69. The molecular formula is C18H12ClF2N5O3S2. The highest BCUT2D eigenvalue weighted by Gasteiger charge is 2.23. The summed E-state index contributed by atoms with van der Waals surface area (Å²) in [6.45, 7) is 1.74. The maximum atomic E-state index is 14.0. The number of sulfonamides is 1. The number of aryl methyl sites for hydroxylation is 1. The van der Waals surface area contributed by atoms with Crippen LogP contribution in [0.1, 0.15) is 5.69 Å². The van der Waals surface area contributed by atoms with Crippen molar-refractivity contribution in [3.63, 3.8) is 0 Å². The summed E-state index contributed by atoms with van der Waals surface area (Å²) in [4.78, 5) is 16.6. The first-order chi connectivity index (χ1) is 14.7. The van der Waals surface area contributed by atoms with Crippen molar-refractivity contribution in [1.29, 1.82) is 0 Å². The molecule has 0 aliphatic heterocycles. The van der Waals surface area contributed by atoms with E-state index in [1.807, 2.05) is 0 Å². The molecule has 1 N–H and O–H groups in total. The second kappa shape index (κ2) is 7.94. The van der Waals surface area contributed by atoms with Crippen LogP contribution < -0.4 is 9.46 Å². The highest BCUT2D eigenvalue weighted by molar-refractivity contribution is 7.92. The largest absolute Gasteiger partial charge is 0.480 e. The van der Waals surface area contributed by atoms with Crippen LogP contribution in [0.2, 0.25) is 5.28 Å². The minimum Gasteiger partial charge on any atom is -0.480 e. The molecule has 0 amide bonds. The summed E-state index contributed by atoms with van der Waals surface area (Å²) in [5, 5.41) is 0.570. The van der Waals surface area contributed by atoms with Crippen LogP contribution in [0.25, 0.3) is 20.9 Å². The third kappa shape index (κ3) is 4.13. The van der Waals surface area contributed by atoms with E-state index < -0.39 is 26.6 Å². The zero-order chi connectivity index (χ0) is 22.3. The van der Waals surface area contributed by atoms with Crippen molar-refractivity contribution in [2.75, 3.05) is 11.8 Å². The van der Waals surface area contributed by atoms with Crippen LogP contribution in [0.4, 0.5) is 14.5 Å². The lowest BCUT2D eigenvalue weighted by Crippen LogP contribution is -2.15. The Morgan fingerprint density at radius 3 is 2.65 bits per heavy atom. The van der Waals surface area contributed by atoms with Gasteiger partial charge in [0, 0.05) is 17.8 Å². The van der Waals surface area contributed by atoms with Gasteiger partial charge < -0.3 is 4.74 Å². The maximum absolute atomic E-state index is 14.0. The van der Waals surface area contributed by atoms with Gasteiger partial charge in [-0.15, -0.1) is 0 Å². The predicted molar refractivity (Wildman–Crippen MR) is 112 cm³/mol. The number of rotatable bonds is 5. The molecule has 4 aromatic rings. The number of halogens is 3. The highest BCUT2D eigenvalue weighted by Crippen LogP contribution is 2.34. The molecule has 0 saturated heterocycles. The smallest absolute Gasteiger partial charge is 0.264 e. The fourth-order valence-electron chi connectivity index (χ4n) is 2.74. The maximum Gasteiger partial charge on any atom is 0.264 e. The number of aromatic nitrogens is 4. The highest BCUT2D eigenvalue weighted by atomic mass is 35.5. The molecule has 3 aromatic heterocycles. The average Bonchev–Trinajstić information content (AvgIpc) is 3.11. The van der Waals surface area contributed by atoms with E-state index in [1.165, 1.54) is 30.7 Å². The lowest BCUT2D eigenvalue weighted by molar-refractivity contribution is 0.400. The number of thiazole rings is 1. The van der Waals surface area contributed by atoms with Gasteiger partial charge in [-0.25, -0.2) is 37.1 Å². The van der Waals surface area contributed by atoms with E-state index in [4.69, 9.17) is 16.3 Å². The monoisotopic (exact) mass is 483 g/mol. The molecule has 0 bridgehead atoms. The van der Waals surface area contributed by atoms with Crippen molar-refractivity contribution in [2.24, 2.45) is 0 Å². The molecular weight excluding hydrogens is 472 g/mol. The number of anilines is 1. The Labute approximate surface area is 184 Å². The average molecular weight is 484 g/mol. The molecule has 4 rings (SSSR count). The standard InChI is InChI=1S/C18H12ClF2N5O3S2/c1-8-14-17(25-18(19)23-8)30-16(24-14)9-5-12(15(29-2)22-7-9)26-31(27,28)13-4-3-10(20)6-11(13)21/h3-7,26H,1-2H3. The van der Waals surface area contributed by atoms with E-state index in [2.05, 4.69) is 24.7 Å². The fraction of sp³-hybridized carbons (Fsp3) is 0.111. The Kier molecular flexibility index (Phi) is 5.45. The third-order valence-electron chi connectivity index (χ3n) is 4.12. The summed E-state index contributed by atoms with van der Waals surface area (Å²) in [5.74, 6) is -2.17. The van der Waals surface area contributed by atoms with Crippen molar-refractivity contribution in [3.05, 3.63) is 53.1 Å². The first-order valence-corrected chi connectivity index (χ1v) is 11.2. The molecule has 0 unspecified atom stereocenters. The molecule has 160 valence electrons. The number of methoxy groups -OCH3 is 1. The molecule has 3 heterocycles. The number of ether oxygens (including phenoxy) is 1. The first-order valence-electron chi connectivity index (χ1n) is 8.51. The normalized spacial score (nSPS) is 11.6. The van der Waals surface area contributed by atoms with Gasteiger partial charge in [0.1, 0.15) is 37.6 Å².